The van der Waals surface area contributed by atoms with Gasteiger partial charge in [-0.2, -0.15) is 5.10 Å². The molecule has 0 N–H and O–H groups in total. The molecule has 1 aliphatic rings. The second kappa shape index (κ2) is 4.84. The van der Waals surface area contributed by atoms with Crippen LogP contribution in [0, 0.1) is 0 Å². The fourth-order valence-corrected chi connectivity index (χ4v) is 2.81. The first kappa shape index (κ1) is 11.9. The summed E-state index contributed by atoms with van der Waals surface area (Å²) in [4.78, 5) is 11.2. The molecule has 5 nitrogen and oxygen atoms in total. The van der Waals surface area contributed by atoms with Crippen LogP contribution < -0.4 is 4.90 Å². The number of hydrogen-bond acceptors (Lipinski definition) is 4. The molecule has 1 saturated carbocycles. The van der Waals surface area contributed by atoms with Gasteiger partial charge in [0.15, 0.2) is 5.65 Å². The van der Waals surface area contributed by atoms with Crippen LogP contribution >= 0.6 is 15.9 Å². The van der Waals surface area contributed by atoms with Crippen molar-refractivity contribution in [3.8, 4) is 0 Å². The maximum atomic E-state index is 4.48. The molecular formula is C12H16BrN5. The zero-order valence-corrected chi connectivity index (χ0v) is 12.0. The van der Waals surface area contributed by atoms with Gasteiger partial charge in [0.05, 0.1) is 11.6 Å². The van der Waals surface area contributed by atoms with E-state index in [0.717, 1.165) is 28.7 Å². The lowest BCUT2D eigenvalue weighted by molar-refractivity contribution is 0.389. The Morgan fingerprint density at radius 2 is 2.28 bits per heavy atom. The second-order valence-electron chi connectivity index (χ2n) is 4.67. The highest BCUT2D eigenvalue weighted by Gasteiger charge is 2.27. The summed E-state index contributed by atoms with van der Waals surface area (Å²) in [6.45, 7) is 0.978. The van der Waals surface area contributed by atoms with Crippen LogP contribution in [0.5, 0.6) is 0 Å². The van der Waals surface area contributed by atoms with Gasteiger partial charge in [-0.15, -0.1) is 0 Å². The van der Waals surface area contributed by atoms with Crippen molar-refractivity contribution in [2.24, 2.45) is 7.05 Å². The molecule has 2 heterocycles. The van der Waals surface area contributed by atoms with Crippen molar-refractivity contribution in [3.05, 3.63) is 12.5 Å². The molecule has 18 heavy (non-hydrogen) atoms. The van der Waals surface area contributed by atoms with E-state index in [-0.39, 0.29) is 0 Å². The Morgan fingerprint density at radius 3 is 2.94 bits per heavy atom. The Morgan fingerprint density at radius 1 is 1.44 bits per heavy atom. The van der Waals surface area contributed by atoms with Crippen molar-refractivity contribution < 1.29 is 0 Å². The lowest BCUT2D eigenvalue weighted by Gasteiger charge is -2.38. The van der Waals surface area contributed by atoms with Crippen molar-refractivity contribution in [3.63, 3.8) is 0 Å². The summed E-state index contributed by atoms with van der Waals surface area (Å²) in [5, 5.41) is 6.28. The van der Waals surface area contributed by atoms with Gasteiger partial charge in [0, 0.05) is 25.0 Å². The van der Waals surface area contributed by atoms with E-state index < -0.39 is 0 Å². The summed E-state index contributed by atoms with van der Waals surface area (Å²) in [5.41, 5.74) is 0.902. The molecule has 2 aromatic rings. The first-order chi connectivity index (χ1) is 8.81. The number of nitrogens with zero attached hydrogens (tertiary/aromatic N) is 5. The smallest absolute Gasteiger partial charge is 0.163 e. The van der Waals surface area contributed by atoms with Crippen molar-refractivity contribution in [2.75, 3.05) is 16.8 Å². The van der Waals surface area contributed by atoms with E-state index in [1.165, 1.54) is 19.3 Å². The predicted molar refractivity (Wildman–Crippen MR) is 75.1 cm³/mol. The fraction of sp³-hybridized carbons (Fsp3) is 0.583. The predicted octanol–water partition coefficient (Wildman–Crippen LogP) is 2.12. The molecule has 0 bridgehead atoms. The second-order valence-corrected chi connectivity index (χ2v) is 5.46. The zero-order chi connectivity index (χ0) is 12.5. The van der Waals surface area contributed by atoms with Gasteiger partial charge in [0.2, 0.25) is 0 Å². The van der Waals surface area contributed by atoms with E-state index in [1.807, 2.05) is 13.2 Å². The molecule has 96 valence electrons. The molecule has 0 aliphatic heterocycles. The number of aryl methyl sites for hydroxylation is 1. The molecule has 1 aliphatic carbocycles. The van der Waals surface area contributed by atoms with E-state index in [4.69, 9.17) is 0 Å². The number of hydrogen-bond donors (Lipinski definition) is 0. The first-order valence-corrected chi connectivity index (χ1v) is 7.38. The van der Waals surface area contributed by atoms with Gasteiger partial charge >= 0.3 is 0 Å². The van der Waals surface area contributed by atoms with Crippen LogP contribution in [0.25, 0.3) is 11.0 Å². The highest BCUT2D eigenvalue weighted by Crippen LogP contribution is 2.31. The quantitative estimate of drug-likeness (QED) is 0.812. The topological polar surface area (TPSA) is 46.8 Å². The fourth-order valence-electron chi connectivity index (χ4n) is 2.43. The van der Waals surface area contributed by atoms with Gasteiger partial charge in [-0.3, -0.25) is 4.68 Å². The molecule has 3 rings (SSSR count). The monoisotopic (exact) mass is 309 g/mol. The molecule has 0 aromatic carbocycles. The van der Waals surface area contributed by atoms with Crippen molar-refractivity contribution >= 4 is 32.8 Å². The molecule has 2 aromatic heterocycles. The van der Waals surface area contributed by atoms with Crippen LogP contribution in [-0.4, -0.2) is 37.7 Å². The van der Waals surface area contributed by atoms with Crippen LogP contribution in [-0.2, 0) is 7.05 Å². The SMILES string of the molecule is Cn1ncc2c(N(CCBr)C3CCC3)ncnc21. The Bertz CT molecular complexity index is 548. The number of anilines is 1. The Hall–Kier alpha value is -1.17. The Labute approximate surface area is 114 Å². The average Bonchev–Trinajstić information content (AvgIpc) is 2.69. The van der Waals surface area contributed by atoms with E-state index in [1.54, 1.807) is 11.0 Å². The normalized spacial score (nSPS) is 15.9. The third kappa shape index (κ3) is 1.88. The third-order valence-corrected chi connectivity index (χ3v) is 3.98. The number of halogens is 1. The number of alkyl halides is 1. The van der Waals surface area contributed by atoms with Crippen molar-refractivity contribution in [1.82, 2.24) is 19.7 Å². The highest BCUT2D eigenvalue weighted by atomic mass is 79.9. The Kier molecular flexibility index (Phi) is 3.20. The molecule has 0 unspecified atom stereocenters. The maximum absolute atomic E-state index is 4.48. The van der Waals surface area contributed by atoms with E-state index >= 15 is 0 Å². The van der Waals surface area contributed by atoms with Crippen LogP contribution in [0.3, 0.4) is 0 Å². The van der Waals surface area contributed by atoms with Gasteiger partial charge in [-0.05, 0) is 19.3 Å². The molecule has 1 fully saturated rings. The first-order valence-electron chi connectivity index (χ1n) is 6.26. The molecule has 0 atom stereocenters. The summed E-state index contributed by atoms with van der Waals surface area (Å²) in [6, 6.07) is 0.626. The molecule has 0 saturated heterocycles. The van der Waals surface area contributed by atoms with E-state index in [2.05, 4.69) is 35.9 Å². The van der Waals surface area contributed by atoms with Gasteiger partial charge in [0.1, 0.15) is 12.1 Å². The standard InChI is InChI=1S/C12H16BrN5/c1-17-11-10(7-16-17)12(15-8-14-11)18(6-5-13)9-3-2-4-9/h7-9H,2-6H2,1H3. The minimum Gasteiger partial charge on any atom is -0.352 e. The Balaban J connectivity index is 2.04. The summed E-state index contributed by atoms with van der Waals surface area (Å²) in [6.07, 6.45) is 7.35. The lowest BCUT2D eigenvalue weighted by Crippen LogP contribution is -2.42. The minimum atomic E-state index is 0.626. The van der Waals surface area contributed by atoms with Crippen LogP contribution in [0.4, 0.5) is 5.82 Å². The summed E-state index contributed by atoms with van der Waals surface area (Å²) in [7, 11) is 1.91. The largest absolute Gasteiger partial charge is 0.352 e. The lowest BCUT2D eigenvalue weighted by atomic mass is 9.91. The minimum absolute atomic E-state index is 0.626. The van der Waals surface area contributed by atoms with Crippen LogP contribution in [0.1, 0.15) is 19.3 Å². The average molecular weight is 310 g/mol. The van der Waals surface area contributed by atoms with Gasteiger partial charge < -0.3 is 4.90 Å². The summed E-state index contributed by atoms with van der Waals surface area (Å²) in [5.74, 6) is 1.03. The van der Waals surface area contributed by atoms with Gasteiger partial charge in [0.25, 0.3) is 0 Å². The summed E-state index contributed by atoms with van der Waals surface area (Å²) >= 11 is 3.53. The highest BCUT2D eigenvalue weighted by molar-refractivity contribution is 9.09. The number of rotatable bonds is 4. The van der Waals surface area contributed by atoms with Crippen LogP contribution in [0.2, 0.25) is 0 Å². The molecule has 0 spiro atoms. The zero-order valence-electron chi connectivity index (χ0n) is 10.4. The summed E-state index contributed by atoms with van der Waals surface area (Å²) < 4.78 is 1.80. The van der Waals surface area contributed by atoms with Gasteiger partial charge in [-0.1, -0.05) is 15.9 Å². The molecular weight excluding hydrogens is 294 g/mol. The van der Waals surface area contributed by atoms with Crippen LogP contribution in [0.15, 0.2) is 12.5 Å². The van der Waals surface area contributed by atoms with E-state index in [9.17, 15) is 0 Å². The molecule has 0 amide bonds. The number of aromatic nitrogens is 4. The molecule has 0 radical (unpaired) electrons. The maximum Gasteiger partial charge on any atom is 0.163 e. The van der Waals surface area contributed by atoms with E-state index in [0.29, 0.717) is 6.04 Å². The third-order valence-electron chi connectivity index (χ3n) is 3.62. The molecule has 6 heteroatoms. The van der Waals surface area contributed by atoms with Gasteiger partial charge in [-0.25, -0.2) is 9.97 Å². The van der Waals surface area contributed by atoms with Crippen molar-refractivity contribution in [2.45, 2.75) is 25.3 Å². The van der Waals surface area contributed by atoms with Crippen molar-refractivity contribution in [1.29, 1.82) is 0 Å². The number of fused-ring (bicyclic) bond motifs is 1.